The molecule has 20 heavy (non-hydrogen) atoms. The fourth-order valence-corrected chi connectivity index (χ4v) is 2.77. The number of aryl methyl sites for hydroxylation is 1. The minimum absolute atomic E-state index is 0.118. The molecule has 0 aromatic heterocycles. The number of nitrogens with one attached hydrogen (secondary N) is 2. The Bertz CT molecular complexity index is 379. The molecule has 0 radical (unpaired) electrons. The van der Waals surface area contributed by atoms with Gasteiger partial charge in [-0.3, -0.25) is 0 Å². The highest BCUT2D eigenvalue weighted by Crippen LogP contribution is 2.09. The van der Waals surface area contributed by atoms with Crippen molar-refractivity contribution in [3.8, 4) is 0 Å². The van der Waals surface area contributed by atoms with Gasteiger partial charge in [-0.15, -0.1) is 0 Å². The molecule has 0 saturated carbocycles. The Kier molecular flexibility index (Phi) is 8.96. The van der Waals surface area contributed by atoms with Gasteiger partial charge in [-0.25, -0.2) is 4.79 Å². The molecule has 1 aromatic rings. The molecule has 0 unspecified atom stereocenters. The van der Waals surface area contributed by atoms with E-state index in [9.17, 15) is 4.79 Å². The monoisotopic (exact) mass is 294 g/mol. The highest BCUT2D eigenvalue weighted by molar-refractivity contribution is 7.99. The number of amides is 2. The van der Waals surface area contributed by atoms with E-state index in [-0.39, 0.29) is 6.03 Å². The molecule has 3 nitrogen and oxygen atoms in total. The summed E-state index contributed by atoms with van der Waals surface area (Å²) < 4.78 is 0. The number of hydrogen-bond donors (Lipinski definition) is 2. The number of rotatable bonds is 9. The van der Waals surface area contributed by atoms with E-state index >= 15 is 0 Å². The molecule has 0 atom stereocenters. The van der Waals surface area contributed by atoms with E-state index in [2.05, 4.69) is 24.5 Å². The Morgan fingerprint density at radius 3 is 2.45 bits per heavy atom. The standard InChI is InChI=1S/C16H26N2OS/c1-3-5-12-20-13-6-11-17-16(19)18-15-9-7-14(4-2)8-10-15/h7-10H,3-6,11-13H2,1-2H3,(H2,17,18,19). The van der Waals surface area contributed by atoms with Gasteiger partial charge >= 0.3 is 6.03 Å². The topological polar surface area (TPSA) is 41.1 Å². The van der Waals surface area contributed by atoms with E-state index in [0.29, 0.717) is 0 Å². The van der Waals surface area contributed by atoms with Crippen molar-refractivity contribution >= 4 is 23.5 Å². The lowest BCUT2D eigenvalue weighted by molar-refractivity contribution is 0.252. The summed E-state index contributed by atoms with van der Waals surface area (Å²) in [5.41, 5.74) is 2.12. The molecule has 1 rings (SSSR count). The summed E-state index contributed by atoms with van der Waals surface area (Å²) in [6.07, 6.45) is 4.58. The molecule has 2 N–H and O–H groups in total. The van der Waals surface area contributed by atoms with Crippen molar-refractivity contribution in [2.75, 3.05) is 23.4 Å². The zero-order valence-corrected chi connectivity index (χ0v) is 13.4. The third-order valence-electron chi connectivity index (χ3n) is 3.01. The van der Waals surface area contributed by atoms with Crippen molar-refractivity contribution in [2.45, 2.75) is 39.5 Å². The van der Waals surface area contributed by atoms with Crippen LogP contribution in [0.25, 0.3) is 0 Å². The zero-order chi connectivity index (χ0) is 14.6. The van der Waals surface area contributed by atoms with E-state index < -0.39 is 0 Å². The van der Waals surface area contributed by atoms with Crippen molar-refractivity contribution in [2.24, 2.45) is 0 Å². The number of unbranched alkanes of at least 4 members (excludes halogenated alkanes) is 1. The molecule has 0 aliphatic carbocycles. The molecule has 0 aliphatic heterocycles. The van der Waals surface area contributed by atoms with Crippen molar-refractivity contribution in [1.82, 2.24) is 5.32 Å². The maximum absolute atomic E-state index is 11.7. The minimum Gasteiger partial charge on any atom is -0.338 e. The first-order valence-electron chi connectivity index (χ1n) is 7.47. The summed E-state index contributed by atoms with van der Waals surface area (Å²) in [5.74, 6) is 2.35. The van der Waals surface area contributed by atoms with E-state index in [4.69, 9.17) is 0 Å². The van der Waals surface area contributed by atoms with Crippen LogP contribution in [0.5, 0.6) is 0 Å². The van der Waals surface area contributed by atoms with Gasteiger partial charge in [0.05, 0.1) is 0 Å². The lowest BCUT2D eigenvalue weighted by Crippen LogP contribution is -2.29. The van der Waals surface area contributed by atoms with Crippen LogP contribution in [0.4, 0.5) is 10.5 Å². The quantitative estimate of drug-likeness (QED) is 0.667. The molecule has 0 bridgehead atoms. The highest BCUT2D eigenvalue weighted by Gasteiger charge is 2.00. The second kappa shape index (κ2) is 10.6. The molecule has 0 spiro atoms. The summed E-state index contributed by atoms with van der Waals surface area (Å²) >= 11 is 1.97. The van der Waals surface area contributed by atoms with E-state index in [0.717, 1.165) is 30.8 Å². The van der Waals surface area contributed by atoms with Gasteiger partial charge < -0.3 is 10.6 Å². The van der Waals surface area contributed by atoms with E-state index in [1.165, 1.54) is 24.2 Å². The number of benzene rings is 1. The number of thioether (sulfide) groups is 1. The predicted octanol–water partition coefficient (Wildman–Crippen LogP) is 4.29. The number of urea groups is 1. The van der Waals surface area contributed by atoms with Gasteiger partial charge in [0.25, 0.3) is 0 Å². The first-order valence-corrected chi connectivity index (χ1v) is 8.63. The van der Waals surface area contributed by atoms with E-state index in [1.807, 2.05) is 36.0 Å². The van der Waals surface area contributed by atoms with Crippen molar-refractivity contribution < 1.29 is 4.79 Å². The normalized spacial score (nSPS) is 10.3. The number of carbonyl (C=O) groups is 1. The molecular weight excluding hydrogens is 268 g/mol. The molecule has 0 aliphatic rings. The molecule has 0 heterocycles. The molecular formula is C16H26N2OS. The average Bonchev–Trinajstić information content (AvgIpc) is 2.47. The van der Waals surface area contributed by atoms with Gasteiger partial charge in [0.1, 0.15) is 0 Å². The molecule has 0 saturated heterocycles. The Morgan fingerprint density at radius 1 is 1.10 bits per heavy atom. The second-order valence-electron chi connectivity index (χ2n) is 4.75. The summed E-state index contributed by atoms with van der Waals surface area (Å²) in [6, 6.07) is 7.85. The van der Waals surface area contributed by atoms with Gasteiger partial charge in [0, 0.05) is 12.2 Å². The van der Waals surface area contributed by atoms with Gasteiger partial charge in [-0.05, 0) is 48.5 Å². The number of anilines is 1. The van der Waals surface area contributed by atoms with Crippen molar-refractivity contribution in [3.05, 3.63) is 29.8 Å². The highest BCUT2D eigenvalue weighted by atomic mass is 32.2. The largest absolute Gasteiger partial charge is 0.338 e. The SMILES string of the molecule is CCCCSCCCNC(=O)Nc1ccc(CC)cc1. The zero-order valence-electron chi connectivity index (χ0n) is 12.6. The van der Waals surface area contributed by atoms with Crippen molar-refractivity contribution in [3.63, 3.8) is 0 Å². The van der Waals surface area contributed by atoms with Crippen LogP contribution in [-0.2, 0) is 6.42 Å². The minimum atomic E-state index is -0.118. The van der Waals surface area contributed by atoms with Crippen LogP contribution in [0.1, 0.15) is 38.7 Å². The first-order chi connectivity index (χ1) is 9.76. The fraction of sp³-hybridized carbons (Fsp3) is 0.562. The summed E-state index contributed by atoms with van der Waals surface area (Å²) in [4.78, 5) is 11.7. The summed E-state index contributed by atoms with van der Waals surface area (Å²) in [7, 11) is 0. The molecule has 0 fully saturated rings. The lowest BCUT2D eigenvalue weighted by Gasteiger charge is -2.08. The maximum atomic E-state index is 11.7. The third-order valence-corrected chi connectivity index (χ3v) is 4.17. The van der Waals surface area contributed by atoms with Gasteiger partial charge in [-0.1, -0.05) is 32.4 Å². The van der Waals surface area contributed by atoms with Crippen molar-refractivity contribution in [1.29, 1.82) is 0 Å². The van der Waals surface area contributed by atoms with Crippen LogP contribution < -0.4 is 10.6 Å². The van der Waals surface area contributed by atoms with Gasteiger partial charge in [0.2, 0.25) is 0 Å². The average molecular weight is 294 g/mol. The van der Waals surface area contributed by atoms with Crippen LogP contribution in [0.3, 0.4) is 0 Å². The second-order valence-corrected chi connectivity index (χ2v) is 5.98. The Labute approximate surface area is 126 Å². The summed E-state index contributed by atoms with van der Waals surface area (Å²) in [5, 5.41) is 5.73. The third kappa shape index (κ3) is 7.43. The van der Waals surface area contributed by atoms with Crippen LogP contribution >= 0.6 is 11.8 Å². The lowest BCUT2D eigenvalue weighted by atomic mass is 10.1. The van der Waals surface area contributed by atoms with Gasteiger partial charge in [0.15, 0.2) is 0 Å². The summed E-state index contributed by atoms with van der Waals surface area (Å²) in [6.45, 7) is 5.06. The smallest absolute Gasteiger partial charge is 0.319 e. The Morgan fingerprint density at radius 2 is 1.80 bits per heavy atom. The number of carbonyl (C=O) groups excluding carboxylic acids is 1. The molecule has 112 valence electrons. The van der Waals surface area contributed by atoms with Crippen LogP contribution in [0, 0.1) is 0 Å². The Balaban J connectivity index is 2.10. The predicted molar refractivity (Wildman–Crippen MR) is 89.7 cm³/mol. The van der Waals surface area contributed by atoms with E-state index in [1.54, 1.807) is 0 Å². The first kappa shape index (κ1) is 16.9. The van der Waals surface area contributed by atoms with Crippen LogP contribution in [0.15, 0.2) is 24.3 Å². The van der Waals surface area contributed by atoms with Gasteiger partial charge in [-0.2, -0.15) is 11.8 Å². The molecule has 4 heteroatoms. The number of hydrogen-bond acceptors (Lipinski definition) is 2. The van der Waals surface area contributed by atoms with Crippen LogP contribution in [-0.4, -0.2) is 24.1 Å². The fourth-order valence-electron chi connectivity index (χ4n) is 1.72. The molecule has 2 amide bonds. The Hall–Kier alpha value is -1.16. The van der Waals surface area contributed by atoms with Crippen LogP contribution in [0.2, 0.25) is 0 Å². The maximum Gasteiger partial charge on any atom is 0.319 e. The molecule has 1 aromatic carbocycles.